The average Bonchev–Trinajstić information content (AvgIpc) is 2.69. The molecule has 0 unspecified atom stereocenters. The van der Waals surface area contributed by atoms with E-state index in [9.17, 15) is 4.79 Å². The topological polar surface area (TPSA) is 42.0 Å². The number of rotatable bonds is 3. The van der Waals surface area contributed by atoms with Crippen LogP contribution in [0.15, 0.2) is 42.5 Å². The van der Waals surface area contributed by atoms with Gasteiger partial charge < -0.3 is 5.32 Å². The van der Waals surface area contributed by atoms with Crippen LogP contribution in [-0.2, 0) is 0 Å². The summed E-state index contributed by atoms with van der Waals surface area (Å²) in [5, 5.41) is 4.27. The Bertz CT molecular complexity index is 764. The molecule has 0 aromatic heterocycles. The Morgan fingerprint density at radius 2 is 2.00 bits per heavy atom. The predicted molar refractivity (Wildman–Crippen MR) is 82.5 cm³/mol. The van der Waals surface area contributed by atoms with E-state index in [-0.39, 0.29) is 5.78 Å². The molecule has 3 nitrogen and oxygen atoms in total. The molecule has 1 aromatic rings. The lowest BCUT2D eigenvalue weighted by Crippen LogP contribution is -1.94. The van der Waals surface area contributed by atoms with Gasteiger partial charge in [-0.1, -0.05) is 37.3 Å². The highest BCUT2D eigenvalue weighted by atomic mass is 16.1. The molecule has 1 N–H and O–H groups in total. The Kier molecular flexibility index (Phi) is 3.11. The molecule has 2 aliphatic rings. The lowest BCUT2D eigenvalue weighted by atomic mass is 10.1. The van der Waals surface area contributed by atoms with Crippen LogP contribution in [0.2, 0.25) is 0 Å². The van der Waals surface area contributed by atoms with Crippen LogP contribution in [0.1, 0.15) is 23.7 Å². The first-order valence-electron chi connectivity index (χ1n) is 6.78. The van der Waals surface area contributed by atoms with Crippen molar-refractivity contribution in [3.05, 3.63) is 48.0 Å². The maximum Gasteiger partial charge on any atom is 0.162 e. The molecule has 3 rings (SSSR count). The summed E-state index contributed by atoms with van der Waals surface area (Å²) >= 11 is 0. The number of ketones is 1. The van der Waals surface area contributed by atoms with Gasteiger partial charge >= 0.3 is 0 Å². The van der Waals surface area contributed by atoms with Crippen LogP contribution in [0.4, 0.5) is 5.69 Å². The molecule has 0 bridgehead atoms. The van der Waals surface area contributed by atoms with Crippen LogP contribution < -0.4 is 5.32 Å². The standard InChI is InChI=1S/C17H16N2O/c1-3-16(20)11-6-4-7-12-13-8-5-9-14(18-2)17(13)19-15(12)10-11/h4-10,18H,3H2,1-2H3. The highest BCUT2D eigenvalue weighted by Crippen LogP contribution is 2.34. The van der Waals surface area contributed by atoms with E-state index in [4.69, 9.17) is 0 Å². The van der Waals surface area contributed by atoms with Crippen LogP contribution in [0, 0.1) is 0 Å². The third kappa shape index (κ3) is 1.92. The van der Waals surface area contributed by atoms with Gasteiger partial charge in [0.15, 0.2) is 5.78 Å². The maximum atomic E-state index is 11.9. The van der Waals surface area contributed by atoms with Gasteiger partial charge in [0.1, 0.15) is 0 Å². The van der Waals surface area contributed by atoms with Crippen molar-refractivity contribution in [2.75, 3.05) is 12.4 Å². The monoisotopic (exact) mass is 264 g/mol. The van der Waals surface area contributed by atoms with Gasteiger partial charge in [-0.25, -0.2) is 4.98 Å². The lowest BCUT2D eigenvalue weighted by molar-refractivity contribution is 0.0988. The fourth-order valence-corrected chi connectivity index (χ4v) is 2.51. The summed E-state index contributed by atoms with van der Waals surface area (Å²) in [7, 11) is 1.89. The third-order valence-electron chi connectivity index (χ3n) is 3.58. The van der Waals surface area contributed by atoms with Crippen LogP contribution in [0.5, 0.6) is 0 Å². The molecule has 1 aromatic carbocycles. The molecule has 3 heteroatoms. The number of hydrogen-bond donors (Lipinski definition) is 1. The highest BCUT2D eigenvalue weighted by molar-refractivity contribution is 6.04. The van der Waals surface area contributed by atoms with Crippen molar-refractivity contribution in [3.63, 3.8) is 0 Å². The quantitative estimate of drug-likeness (QED) is 0.728. The van der Waals surface area contributed by atoms with Crippen molar-refractivity contribution >= 4 is 22.4 Å². The second-order valence-corrected chi connectivity index (χ2v) is 4.76. The number of hydrogen-bond acceptors (Lipinski definition) is 3. The Morgan fingerprint density at radius 1 is 1.20 bits per heavy atom. The summed E-state index contributed by atoms with van der Waals surface area (Å²) in [5.41, 5.74) is 4.61. The highest BCUT2D eigenvalue weighted by Gasteiger charge is 2.14. The number of para-hydroxylation sites is 1. The molecule has 1 aliphatic carbocycles. The number of fused-ring (bicyclic) bond motifs is 3. The van der Waals surface area contributed by atoms with E-state index >= 15 is 0 Å². The molecule has 1 aliphatic heterocycles. The Balaban J connectivity index is 2.30. The summed E-state index contributed by atoms with van der Waals surface area (Å²) in [6.45, 7) is 1.88. The van der Waals surface area contributed by atoms with Crippen molar-refractivity contribution in [2.45, 2.75) is 13.3 Å². The van der Waals surface area contributed by atoms with Crippen LogP contribution in [0.3, 0.4) is 0 Å². The molecule has 0 fully saturated rings. The normalized spacial score (nSPS) is 10.9. The van der Waals surface area contributed by atoms with E-state index in [0.717, 1.165) is 33.4 Å². The molecule has 0 spiro atoms. The van der Waals surface area contributed by atoms with Crippen molar-refractivity contribution in [3.8, 4) is 11.3 Å². The third-order valence-corrected chi connectivity index (χ3v) is 3.58. The SMILES string of the molecule is CCC(=O)c1cccc2c3cccc(NC)c3nc-2c1. The minimum absolute atomic E-state index is 0.142. The van der Waals surface area contributed by atoms with Crippen LogP contribution >= 0.6 is 0 Å². The molecular weight excluding hydrogens is 248 g/mol. The number of anilines is 1. The summed E-state index contributed by atoms with van der Waals surface area (Å²) in [6, 6.07) is 13.8. The number of Topliss-reactive ketones (excluding diaryl/α,β-unsaturated/α-hetero) is 1. The molecule has 20 heavy (non-hydrogen) atoms. The van der Waals surface area contributed by atoms with Gasteiger partial charge in [-0.2, -0.15) is 0 Å². The Morgan fingerprint density at radius 3 is 2.75 bits per heavy atom. The van der Waals surface area contributed by atoms with Crippen LogP contribution in [-0.4, -0.2) is 17.8 Å². The first-order valence-corrected chi connectivity index (χ1v) is 6.78. The molecular formula is C17H16N2O. The molecule has 0 saturated heterocycles. The summed E-state index contributed by atoms with van der Waals surface area (Å²) < 4.78 is 0. The van der Waals surface area contributed by atoms with Gasteiger partial charge in [-0.05, 0) is 12.1 Å². The van der Waals surface area contributed by atoms with E-state index in [2.05, 4.69) is 16.4 Å². The number of carbonyl (C=O) groups is 1. The zero-order valence-electron chi connectivity index (χ0n) is 11.6. The number of aromatic nitrogens is 1. The van der Waals surface area contributed by atoms with Crippen LogP contribution in [0.25, 0.3) is 22.2 Å². The van der Waals surface area contributed by atoms with Crippen molar-refractivity contribution < 1.29 is 4.79 Å². The van der Waals surface area contributed by atoms with E-state index in [1.807, 2.05) is 50.4 Å². The second-order valence-electron chi connectivity index (χ2n) is 4.76. The number of benzene rings is 1. The molecule has 0 amide bonds. The average molecular weight is 264 g/mol. The second kappa shape index (κ2) is 4.93. The van der Waals surface area contributed by atoms with Crippen molar-refractivity contribution in [1.29, 1.82) is 0 Å². The van der Waals surface area contributed by atoms with Gasteiger partial charge in [-0.15, -0.1) is 0 Å². The zero-order valence-corrected chi connectivity index (χ0v) is 11.6. The first-order chi connectivity index (χ1) is 9.74. The van der Waals surface area contributed by atoms with E-state index in [1.54, 1.807) is 0 Å². The smallest absolute Gasteiger partial charge is 0.162 e. The molecule has 0 saturated carbocycles. The Hall–Kier alpha value is -2.42. The van der Waals surface area contributed by atoms with Crippen molar-refractivity contribution in [2.24, 2.45) is 0 Å². The first kappa shape index (κ1) is 12.6. The van der Waals surface area contributed by atoms with Gasteiger partial charge in [0, 0.05) is 30.0 Å². The molecule has 0 atom stereocenters. The van der Waals surface area contributed by atoms with Gasteiger partial charge in [0.25, 0.3) is 0 Å². The fraction of sp³-hybridized carbons (Fsp3) is 0.176. The molecule has 0 radical (unpaired) electrons. The van der Waals surface area contributed by atoms with E-state index in [1.165, 1.54) is 0 Å². The van der Waals surface area contributed by atoms with Gasteiger partial charge in [-0.3, -0.25) is 4.79 Å². The lowest BCUT2D eigenvalue weighted by Gasteiger charge is -1.99. The predicted octanol–water partition coefficient (Wildman–Crippen LogP) is 3.97. The van der Waals surface area contributed by atoms with Gasteiger partial charge in [0.05, 0.1) is 16.9 Å². The van der Waals surface area contributed by atoms with Gasteiger partial charge in [0.2, 0.25) is 0 Å². The molecule has 1 heterocycles. The number of nitrogens with zero attached hydrogens (tertiary/aromatic N) is 1. The largest absolute Gasteiger partial charge is 0.386 e. The van der Waals surface area contributed by atoms with Crippen molar-refractivity contribution in [1.82, 2.24) is 4.98 Å². The fourth-order valence-electron chi connectivity index (χ4n) is 2.51. The number of carbonyl (C=O) groups excluding carboxylic acids is 1. The zero-order chi connectivity index (χ0) is 14.1. The Labute approximate surface area is 118 Å². The summed E-state index contributed by atoms with van der Waals surface area (Å²) in [4.78, 5) is 16.6. The maximum absolute atomic E-state index is 11.9. The number of nitrogens with one attached hydrogen (secondary N) is 1. The minimum Gasteiger partial charge on any atom is -0.386 e. The minimum atomic E-state index is 0.142. The summed E-state index contributed by atoms with van der Waals surface area (Å²) in [6.07, 6.45) is 0.507. The summed E-state index contributed by atoms with van der Waals surface area (Å²) in [5.74, 6) is 0.142. The van der Waals surface area contributed by atoms with E-state index in [0.29, 0.717) is 6.42 Å². The molecule has 100 valence electrons. The van der Waals surface area contributed by atoms with E-state index < -0.39 is 0 Å².